The Hall–Kier alpha value is -3.09. The molecular weight excluding hydrogens is 342 g/mol. The number of hydrogen-bond donors (Lipinski definition) is 1. The number of imidazole rings is 1. The molecule has 0 aliphatic carbocycles. The summed E-state index contributed by atoms with van der Waals surface area (Å²) in [7, 11) is 0. The second-order valence-electron chi connectivity index (χ2n) is 7.07. The Bertz CT molecular complexity index is 985. The van der Waals surface area contributed by atoms with Crippen molar-refractivity contribution in [1.29, 1.82) is 0 Å². The van der Waals surface area contributed by atoms with Crippen LogP contribution in [0.15, 0.2) is 53.6 Å². The van der Waals surface area contributed by atoms with Gasteiger partial charge in [-0.2, -0.15) is 0 Å². The van der Waals surface area contributed by atoms with Gasteiger partial charge in [-0.05, 0) is 37.8 Å². The quantitative estimate of drug-likeness (QED) is 0.770. The number of nitrogens with one attached hydrogen (secondary N) is 1. The molecule has 3 heterocycles. The Labute approximate surface area is 157 Å². The molecule has 2 aromatic heterocycles. The van der Waals surface area contributed by atoms with Crippen molar-refractivity contribution in [2.45, 2.75) is 26.3 Å². The normalized spacial score (nSPS) is 17.2. The summed E-state index contributed by atoms with van der Waals surface area (Å²) in [5, 5.41) is 2.96. The lowest BCUT2D eigenvalue weighted by atomic mass is 9.97. The highest BCUT2D eigenvalue weighted by molar-refractivity contribution is 5.92. The second kappa shape index (κ2) is 7.26. The Morgan fingerprint density at radius 1 is 1.30 bits per heavy atom. The summed E-state index contributed by atoms with van der Waals surface area (Å²) in [6, 6.07) is 10.7. The van der Waals surface area contributed by atoms with E-state index in [-0.39, 0.29) is 11.5 Å². The number of H-pyrrole nitrogens is 1. The molecular formula is C20H23N5O2. The van der Waals surface area contributed by atoms with Crippen LogP contribution in [-0.2, 0) is 6.54 Å². The zero-order valence-electron chi connectivity index (χ0n) is 15.3. The van der Waals surface area contributed by atoms with Gasteiger partial charge in [0, 0.05) is 38.1 Å². The molecule has 1 aliphatic rings. The van der Waals surface area contributed by atoms with Crippen LogP contribution in [0.1, 0.15) is 29.2 Å². The third-order valence-electron chi connectivity index (χ3n) is 5.15. The van der Waals surface area contributed by atoms with Crippen LogP contribution in [0.25, 0.3) is 5.69 Å². The first kappa shape index (κ1) is 17.3. The van der Waals surface area contributed by atoms with Crippen molar-refractivity contribution in [1.82, 2.24) is 24.2 Å². The van der Waals surface area contributed by atoms with Gasteiger partial charge in [0.15, 0.2) is 0 Å². The van der Waals surface area contributed by atoms with E-state index in [4.69, 9.17) is 0 Å². The molecule has 0 bridgehead atoms. The highest BCUT2D eigenvalue weighted by Gasteiger charge is 2.26. The Morgan fingerprint density at radius 2 is 2.11 bits per heavy atom. The summed E-state index contributed by atoms with van der Waals surface area (Å²) in [6.07, 6.45) is 5.84. The van der Waals surface area contributed by atoms with Crippen molar-refractivity contribution in [3.8, 4) is 5.69 Å². The lowest BCUT2D eigenvalue weighted by Crippen LogP contribution is -2.41. The first-order valence-electron chi connectivity index (χ1n) is 9.26. The summed E-state index contributed by atoms with van der Waals surface area (Å²) in [5.41, 5.74) is 0.823. The maximum atomic E-state index is 12.9. The molecule has 3 aromatic rings. The third-order valence-corrected chi connectivity index (χ3v) is 5.15. The SMILES string of the molecule is Cc1nccn1C[C@@H]1CCCN(C(=O)c2cc(=O)n(-c3ccccc3)[nH]2)C1. The fourth-order valence-corrected chi connectivity index (χ4v) is 3.72. The fourth-order valence-electron chi connectivity index (χ4n) is 3.72. The van der Waals surface area contributed by atoms with Gasteiger partial charge in [0.2, 0.25) is 0 Å². The topological polar surface area (TPSA) is 75.9 Å². The van der Waals surface area contributed by atoms with Crippen LogP contribution in [0.2, 0.25) is 0 Å². The molecule has 0 radical (unpaired) electrons. The maximum absolute atomic E-state index is 12.9. The van der Waals surface area contributed by atoms with Crippen LogP contribution in [0, 0.1) is 12.8 Å². The molecule has 1 aliphatic heterocycles. The number of para-hydroxylation sites is 1. The van der Waals surface area contributed by atoms with E-state index in [1.54, 1.807) is 6.20 Å². The predicted molar refractivity (Wildman–Crippen MR) is 102 cm³/mol. The molecule has 7 heteroatoms. The minimum absolute atomic E-state index is 0.117. The number of likely N-dealkylation sites (tertiary alicyclic amines) is 1. The van der Waals surface area contributed by atoms with Gasteiger partial charge in [-0.15, -0.1) is 0 Å². The van der Waals surface area contributed by atoms with E-state index in [0.29, 0.717) is 23.8 Å². The molecule has 1 fully saturated rings. The van der Waals surface area contributed by atoms with E-state index in [0.717, 1.165) is 31.8 Å². The van der Waals surface area contributed by atoms with Crippen molar-refractivity contribution in [2.24, 2.45) is 5.92 Å². The fraction of sp³-hybridized carbons (Fsp3) is 0.350. The van der Waals surface area contributed by atoms with Crippen molar-refractivity contribution in [3.05, 3.63) is 70.7 Å². The van der Waals surface area contributed by atoms with Crippen LogP contribution in [-0.4, -0.2) is 43.2 Å². The zero-order valence-corrected chi connectivity index (χ0v) is 15.3. The molecule has 0 saturated carbocycles. The molecule has 140 valence electrons. The number of piperidine rings is 1. The van der Waals surface area contributed by atoms with E-state index in [9.17, 15) is 9.59 Å². The first-order chi connectivity index (χ1) is 13.1. The molecule has 7 nitrogen and oxygen atoms in total. The van der Waals surface area contributed by atoms with Crippen LogP contribution >= 0.6 is 0 Å². The van der Waals surface area contributed by atoms with Gasteiger partial charge in [-0.3, -0.25) is 14.7 Å². The van der Waals surface area contributed by atoms with Crippen LogP contribution in [0.4, 0.5) is 0 Å². The minimum atomic E-state index is -0.229. The lowest BCUT2D eigenvalue weighted by Gasteiger charge is -2.32. The second-order valence-corrected chi connectivity index (χ2v) is 7.07. The van der Waals surface area contributed by atoms with Crippen molar-refractivity contribution >= 4 is 5.91 Å². The average molecular weight is 365 g/mol. The van der Waals surface area contributed by atoms with Gasteiger partial charge in [-0.1, -0.05) is 18.2 Å². The largest absolute Gasteiger partial charge is 0.337 e. The molecule has 1 N–H and O–H groups in total. The third kappa shape index (κ3) is 3.58. The average Bonchev–Trinajstić information content (AvgIpc) is 3.28. The van der Waals surface area contributed by atoms with Crippen molar-refractivity contribution < 1.29 is 4.79 Å². The number of aromatic nitrogens is 4. The van der Waals surface area contributed by atoms with Gasteiger partial charge in [0.1, 0.15) is 11.5 Å². The summed E-state index contributed by atoms with van der Waals surface area (Å²) < 4.78 is 3.54. The highest BCUT2D eigenvalue weighted by atomic mass is 16.2. The van der Waals surface area contributed by atoms with Gasteiger partial charge in [-0.25, -0.2) is 9.67 Å². The summed E-state index contributed by atoms with van der Waals surface area (Å²) in [4.78, 5) is 31.3. The molecule has 1 amide bonds. The molecule has 27 heavy (non-hydrogen) atoms. The number of amides is 1. The van der Waals surface area contributed by atoms with E-state index >= 15 is 0 Å². The molecule has 4 rings (SSSR count). The molecule has 0 unspecified atom stereocenters. The number of carbonyl (C=O) groups is 1. The summed E-state index contributed by atoms with van der Waals surface area (Å²) in [5.74, 6) is 1.26. The number of benzene rings is 1. The van der Waals surface area contributed by atoms with E-state index < -0.39 is 0 Å². The van der Waals surface area contributed by atoms with Crippen LogP contribution in [0.3, 0.4) is 0 Å². The zero-order chi connectivity index (χ0) is 18.8. The number of rotatable bonds is 4. The van der Waals surface area contributed by atoms with Crippen LogP contribution in [0.5, 0.6) is 0 Å². The summed E-state index contributed by atoms with van der Waals surface area (Å²) >= 11 is 0. The molecule has 1 aromatic carbocycles. The first-order valence-corrected chi connectivity index (χ1v) is 9.26. The van der Waals surface area contributed by atoms with E-state index in [2.05, 4.69) is 14.6 Å². The Morgan fingerprint density at radius 3 is 2.85 bits per heavy atom. The summed E-state index contributed by atoms with van der Waals surface area (Å²) in [6.45, 7) is 4.26. The predicted octanol–water partition coefficient (Wildman–Crippen LogP) is 2.22. The highest BCUT2D eigenvalue weighted by Crippen LogP contribution is 2.20. The monoisotopic (exact) mass is 365 g/mol. The van der Waals surface area contributed by atoms with Gasteiger partial charge < -0.3 is 9.47 Å². The Balaban J connectivity index is 1.49. The number of aromatic amines is 1. The standard InChI is InChI=1S/C20H23N5O2/c1-15-21-9-11-23(15)13-16-6-5-10-24(14-16)20(27)18-12-19(26)25(22-18)17-7-3-2-4-8-17/h2-4,7-9,11-12,16,22H,5-6,10,13-14H2,1H3/t16-/m0/s1. The maximum Gasteiger partial charge on any atom is 0.271 e. The molecule has 1 saturated heterocycles. The van der Waals surface area contributed by atoms with Gasteiger partial charge in [0.05, 0.1) is 5.69 Å². The van der Waals surface area contributed by atoms with Gasteiger partial charge >= 0.3 is 0 Å². The number of nitrogens with zero attached hydrogens (tertiary/aromatic N) is 4. The van der Waals surface area contributed by atoms with E-state index in [1.165, 1.54) is 10.7 Å². The van der Waals surface area contributed by atoms with Crippen molar-refractivity contribution in [3.63, 3.8) is 0 Å². The molecule has 0 spiro atoms. The smallest absolute Gasteiger partial charge is 0.271 e. The Kier molecular flexibility index (Phi) is 4.66. The van der Waals surface area contributed by atoms with Gasteiger partial charge in [0.25, 0.3) is 11.5 Å². The van der Waals surface area contributed by atoms with Crippen molar-refractivity contribution in [2.75, 3.05) is 13.1 Å². The van der Waals surface area contributed by atoms with E-state index in [1.807, 2.05) is 48.4 Å². The number of carbonyl (C=O) groups excluding carboxylic acids is 1. The minimum Gasteiger partial charge on any atom is -0.337 e. The number of aryl methyl sites for hydroxylation is 1. The molecule has 1 atom stereocenters. The lowest BCUT2D eigenvalue weighted by molar-refractivity contribution is 0.0655. The van der Waals surface area contributed by atoms with Crippen LogP contribution < -0.4 is 5.56 Å². The number of hydrogen-bond acceptors (Lipinski definition) is 3.